The van der Waals surface area contributed by atoms with Gasteiger partial charge in [0, 0.05) is 43.3 Å². The highest BCUT2D eigenvalue weighted by Gasteiger charge is 2.32. The minimum atomic E-state index is -3.98. The van der Waals surface area contributed by atoms with E-state index in [4.69, 9.17) is 0 Å². The van der Waals surface area contributed by atoms with Gasteiger partial charge in [0.25, 0.3) is 5.91 Å². The Hall–Kier alpha value is -2.85. The Bertz CT molecular complexity index is 1130. The van der Waals surface area contributed by atoms with Crippen molar-refractivity contribution in [2.75, 3.05) is 31.5 Å². The van der Waals surface area contributed by atoms with Gasteiger partial charge < -0.3 is 10.2 Å². The van der Waals surface area contributed by atoms with Crippen molar-refractivity contribution in [3.63, 3.8) is 0 Å². The molecule has 7 nitrogen and oxygen atoms in total. The third-order valence-electron chi connectivity index (χ3n) is 5.78. The number of halogens is 2. The normalized spacial score (nSPS) is 15.3. The molecule has 1 fully saturated rings. The Balaban J connectivity index is 1.62. The van der Waals surface area contributed by atoms with Crippen LogP contribution >= 0.6 is 0 Å². The Morgan fingerprint density at radius 3 is 2.30 bits per heavy atom. The summed E-state index contributed by atoms with van der Waals surface area (Å²) in [6.45, 7) is 5.12. The number of anilines is 1. The summed E-state index contributed by atoms with van der Waals surface area (Å²) in [5, 5.41) is 2.81. The quantitative estimate of drug-likeness (QED) is 0.659. The van der Waals surface area contributed by atoms with Crippen molar-refractivity contribution in [3.05, 3.63) is 59.7 Å². The van der Waals surface area contributed by atoms with Crippen molar-refractivity contribution >= 4 is 27.5 Å². The van der Waals surface area contributed by atoms with Crippen molar-refractivity contribution in [2.45, 2.75) is 31.6 Å². The largest absolute Gasteiger partial charge is 0.339 e. The van der Waals surface area contributed by atoms with E-state index in [-0.39, 0.29) is 42.6 Å². The van der Waals surface area contributed by atoms with Gasteiger partial charge in [-0.05, 0) is 63.1 Å². The predicted molar refractivity (Wildman–Crippen MR) is 120 cm³/mol. The first-order chi connectivity index (χ1) is 15.7. The standard InChI is InChI=1S/C23H27F2N3O4S/c1-3-27(4-2)23(30)17-6-5-7-18(14-17)26-22(29)16-10-12-28(13-11-16)33(31,32)19-8-9-20(24)21(25)15-19/h5-9,14-16H,3-4,10-13H2,1-2H3,(H,26,29). The fraction of sp³-hybridized carbons (Fsp3) is 0.391. The molecule has 178 valence electrons. The Kier molecular flexibility index (Phi) is 7.80. The highest BCUT2D eigenvalue weighted by Crippen LogP contribution is 2.26. The molecule has 1 N–H and O–H groups in total. The fourth-order valence-electron chi connectivity index (χ4n) is 3.81. The zero-order valence-electron chi connectivity index (χ0n) is 18.6. The van der Waals surface area contributed by atoms with Gasteiger partial charge in [-0.1, -0.05) is 6.07 Å². The maximum absolute atomic E-state index is 13.5. The van der Waals surface area contributed by atoms with Crippen LogP contribution in [0.2, 0.25) is 0 Å². The van der Waals surface area contributed by atoms with Gasteiger partial charge in [0.1, 0.15) is 0 Å². The third-order valence-corrected chi connectivity index (χ3v) is 7.68. The molecule has 1 heterocycles. The molecule has 0 radical (unpaired) electrons. The van der Waals surface area contributed by atoms with E-state index >= 15 is 0 Å². The smallest absolute Gasteiger partial charge is 0.253 e. The molecule has 1 aliphatic heterocycles. The number of nitrogens with zero attached hydrogens (tertiary/aromatic N) is 2. The summed E-state index contributed by atoms with van der Waals surface area (Å²) in [6.07, 6.45) is 0.569. The van der Waals surface area contributed by atoms with Crippen molar-refractivity contribution in [1.29, 1.82) is 0 Å². The maximum Gasteiger partial charge on any atom is 0.253 e. The molecule has 0 aliphatic carbocycles. The van der Waals surface area contributed by atoms with Crippen LogP contribution in [0.4, 0.5) is 14.5 Å². The van der Waals surface area contributed by atoms with Crippen molar-refractivity contribution in [1.82, 2.24) is 9.21 Å². The molecule has 1 aliphatic rings. The molecule has 0 unspecified atom stereocenters. The second-order valence-electron chi connectivity index (χ2n) is 7.80. The average molecular weight is 480 g/mol. The van der Waals surface area contributed by atoms with Gasteiger partial charge in [0.15, 0.2) is 11.6 Å². The molecule has 0 atom stereocenters. The highest BCUT2D eigenvalue weighted by atomic mass is 32.2. The van der Waals surface area contributed by atoms with Crippen LogP contribution in [0.5, 0.6) is 0 Å². The van der Waals surface area contributed by atoms with Crippen LogP contribution in [0.15, 0.2) is 47.4 Å². The summed E-state index contributed by atoms with van der Waals surface area (Å²) in [6, 6.07) is 9.18. The molecule has 1 saturated heterocycles. The van der Waals surface area contributed by atoms with E-state index < -0.39 is 27.6 Å². The number of rotatable bonds is 7. The lowest BCUT2D eigenvalue weighted by Crippen LogP contribution is -2.41. The minimum Gasteiger partial charge on any atom is -0.339 e. The van der Waals surface area contributed by atoms with Gasteiger partial charge in [-0.2, -0.15) is 4.31 Å². The van der Waals surface area contributed by atoms with E-state index in [9.17, 15) is 26.8 Å². The van der Waals surface area contributed by atoms with Gasteiger partial charge in [-0.15, -0.1) is 0 Å². The van der Waals surface area contributed by atoms with Crippen LogP contribution in [0, 0.1) is 17.6 Å². The SMILES string of the molecule is CCN(CC)C(=O)c1cccc(NC(=O)C2CCN(S(=O)(=O)c3ccc(F)c(F)c3)CC2)c1. The lowest BCUT2D eigenvalue weighted by atomic mass is 9.97. The van der Waals surface area contributed by atoms with Gasteiger partial charge in [0.05, 0.1) is 4.90 Å². The summed E-state index contributed by atoms with van der Waals surface area (Å²) in [5.41, 5.74) is 0.971. The lowest BCUT2D eigenvalue weighted by molar-refractivity contribution is -0.120. The molecule has 0 aromatic heterocycles. The number of carbonyl (C=O) groups is 2. The molecular formula is C23H27F2N3O4S. The monoisotopic (exact) mass is 479 g/mol. The van der Waals surface area contributed by atoms with E-state index in [0.717, 1.165) is 12.1 Å². The van der Waals surface area contributed by atoms with Crippen LogP contribution in [-0.2, 0) is 14.8 Å². The molecule has 10 heteroatoms. The first kappa shape index (κ1) is 24.8. The van der Waals surface area contributed by atoms with Gasteiger partial charge >= 0.3 is 0 Å². The first-order valence-corrected chi connectivity index (χ1v) is 12.3. The minimum absolute atomic E-state index is 0.0832. The van der Waals surface area contributed by atoms with Crippen LogP contribution < -0.4 is 5.32 Å². The van der Waals surface area contributed by atoms with Gasteiger partial charge in [-0.3, -0.25) is 9.59 Å². The van der Waals surface area contributed by atoms with E-state index in [0.29, 0.717) is 30.4 Å². The number of piperidine rings is 1. The number of amides is 2. The zero-order valence-corrected chi connectivity index (χ0v) is 19.4. The molecule has 0 saturated carbocycles. The van der Waals surface area contributed by atoms with Crippen LogP contribution in [-0.4, -0.2) is 55.6 Å². The Morgan fingerprint density at radius 2 is 1.70 bits per heavy atom. The Labute approximate surface area is 192 Å². The summed E-state index contributed by atoms with van der Waals surface area (Å²) in [4.78, 5) is 26.6. The summed E-state index contributed by atoms with van der Waals surface area (Å²) in [5.74, 6) is -3.14. The van der Waals surface area contributed by atoms with E-state index in [1.807, 2.05) is 13.8 Å². The average Bonchev–Trinajstić information content (AvgIpc) is 2.81. The fourth-order valence-corrected chi connectivity index (χ4v) is 5.29. The number of sulfonamides is 1. The molecule has 0 bridgehead atoms. The second-order valence-corrected chi connectivity index (χ2v) is 9.74. The second kappa shape index (κ2) is 10.4. The summed E-state index contributed by atoms with van der Waals surface area (Å²) in [7, 11) is -3.98. The number of hydrogen-bond acceptors (Lipinski definition) is 4. The molecule has 3 rings (SSSR count). The van der Waals surface area contributed by atoms with Crippen molar-refractivity contribution < 1.29 is 26.8 Å². The van der Waals surface area contributed by atoms with Crippen LogP contribution in [0.3, 0.4) is 0 Å². The summed E-state index contributed by atoms with van der Waals surface area (Å²) >= 11 is 0. The van der Waals surface area contributed by atoms with Crippen molar-refractivity contribution in [2.24, 2.45) is 5.92 Å². The van der Waals surface area contributed by atoms with E-state index in [1.54, 1.807) is 29.2 Å². The number of hydrogen-bond donors (Lipinski definition) is 1. The molecule has 2 amide bonds. The third kappa shape index (κ3) is 5.56. The van der Waals surface area contributed by atoms with Crippen LogP contribution in [0.25, 0.3) is 0 Å². The highest BCUT2D eigenvalue weighted by molar-refractivity contribution is 7.89. The predicted octanol–water partition coefficient (Wildman–Crippen LogP) is 3.49. The molecule has 0 spiro atoms. The van der Waals surface area contributed by atoms with E-state index in [1.165, 1.54) is 4.31 Å². The molecule has 2 aromatic rings. The Morgan fingerprint density at radius 1 is 1.03 bits per heavy atom. The zero-order chi connectivity index (χ0) is 24.2. The van der Waals surface area contributed by atoms with Gasteiger partial charge in [0.2, 0.25) is 15.9 Å². The topological polar surface area (TPSA) is 86.8 Å². The lowest BCUT2D eigenvalue weighted by Gasteiger charge is -2.30. The van der Waals surface area contributed by atoms with Crippen molar-refractivity contribution in [3.8, 4) is 0 Å². The number of benzene rings is 2. The van der Waals surface area contributed by atoms with Crippen LogP contribution in [0.1, 0.15) is 37.0 Å². The number of carbonyl (C=O) groups excluding carboxylic acids is 2. The molecular weight excluding hydrogens is 452 g/mol. The molecule has 2 aromatic carbocycles. The summed E-state index contributed by atoms with van der Waals surface area (Å²) < 4.78 is 53.2. The number of nitrogens with one attached hydrogen (secondary N) is 1. The molecule has 33 heavy (non-hydrogen) atoms. The maximum atomic E-state index is 13.5. The van der Waals surface area contributed by atoms with E-state index in [2.05, 4.69) is 5.32 Å². The van der Waals surface area contributed by atoms with Gasteiger partial charge in [-0.25, -0.2) is 17.2 Å². The first-order valence-electron chi connectivity index (χ1n) is 10.8.